The molecule has 0 spiro atoms. The highest BCUT2D eigenvalue weighted by atomic mass is 32.1. The van der Waals surface area contributed by atoms with Crippen molar-refractivity contribution in [1.29, 1.82) is 0 Å². The monoisotopic (exact) mass is 382 g/mol. The van der Waals surface area contributed by atoms with Crippen LogP contribution in [-0.4, -0.2) is 63.2 Å². The predicted molar refractivity (Wildman–Crippen MR) is 101 cm³/mol. The van der Waals surface area contributed by atoms with Gasteiger partial charge in [0.1, 0.15) is 11.9 Å². The molecule has 0 saturated carbocycles. The quantitative estimate of drug-likeness (QED) is 0.748. The molecule has 1 aromatic carbocycles. The molecule has 2 saturated heterocycles. The van der Waals surface area contributed by atoms with Gasteiger partial charge < -0.3 is 25.0 Å². The number of halogens is 1. The van der Waals surface area contributed by atoms with Gasteiger partial charge in [0.25, 0.3) is 0 Å². The molecular formula is C17H23FN4O3S. The Bertz CT molecular complexity index is 669. The van der Waals surface area contributed by atoms with Crippen LogP contribution >= 0.6 is 12.2 Å². The summed E-state index contributed by atoms with van der Waals surface area (Å²) in [4.78, 5) is 15.5. The van der Waals surface area contributed by atoms with Crippen LogP contribution in [0.1, 0.15) is 6.92 Å². The molecule has 142 valence electrons. The zero-order valence-corrected chi connectivity index (χ0v) is 15.5. The van der Waals surface area contributed by atoms with E-state index in [0.29, 0.717) is 55.9 Å². The van der Waals surface area contributed by atoms with Crippen molar-refractivity contribution in [3.05, 3.63) is 24.0 Å². The molecule has 2 aliphatic rings. The summed E-state index contributed by atoms with van der Waals surface area (Å²) in [5, 5.41) is 6.49. The maximum atomic E-state index is 14.6. The third-order valence-electron chi connectivity index (χ3n) is 4.30. The van der Waals surface area contributed by atoms with Gasteiger partial charge in [0, 0.05) is 19.6 Å². The van der Waals surface area contributed by atoms with Gasteiger partial charge in [-0.25, -0.2) is 9.18 Å². The number of rotatable bonds is 5. The van der Waals surface area contributed by atoms with Crippen LogP contribution in [0.5, 0.6) is 0 Å². The fourth-order valence-corrected chi connectivity index (χ4v) is 3.22. The Morgan fingerprint density at radius 1 is 1.35 bits per heavy atom. The Kier molecular flexibility index (Phi) is 6.10. The van der Waals surface area contributed by atoms with E-state index in [0.717, 1.165) is 6.54 Å². The molecule has 0 aromatic heterocycles. The number of ether oxygens (including phenoxy) is 2. The summed E-state index contributed by atoms with van der Waals surface area (Å²) >= 11 is 5.09. The number of morpholine rings is 1. The van der Waals surface area contributed by atoms with E-state index >= 15 is 0 Å². The van der Waals surface area contributed by atoms with Gasteiger partial charge in [-0.05, 0) is 37.3 Å². The Labute approximate surface area is 157 Å². The topological polar surface area (TPSA) is 66.1 Å². The molecule has 1 amide bonds. The summed E-state index contributed by atoms with van der Waals surface area (Å²) in [6, 6.07) is 4.83. The Hall–Kier alpha value is -2.13. The third-order valence-corrected chi connectivity index (χ3v) is 4.59. The van der Waals surface area contributed by atoms with Gasteiger partial charge in [-0.2, -0.15) is 0 Å². The lowest BCUT2D eigenvalue weighted by molar-refractivity contribution is 0.122. The average molecular weight is 382 g/mol. The number of carbonyl (C=O) groups is 1. The first-order valence-corrected chi connectivity index (χ1v) is 9.11. The van der Waals surface area contributed by atoms with E-state index in [1.807, 2.05) is 11.8 Å². The van der Waals surface area contributed by atoms with Crippen LogP contribution in [0.15, 0.2) is 18.2 Å². The zero-order chi connectivity index (χ0) is 18.5. The van der Waals surface area contributed by atoms with E-state index in [2.05, 4.69) is 10.6 Å². The Morgan fingerprint density at radius 3 is 2.81 bits per heavy atom. The first kappa shape index (κ1) is 18.7. The number of amides is 1. The van der Waals surface area contributed by atoms with E-state index in [9.17, 15) is 9.18 Å². The van der Waals surface area contributed by atoms with Gasteiger partial charge in [-0.15, -0.1) is 0 Å². The second-order valence-corrected chi connectivity index (χ2v) is 6.50. The molecule has 0 bridgehead atoms. The van der Waals surface area contributed by atoms with Crippen molar-refractivity contribution in [2.24, 2.45) is 0 Å². The van der Waals surface area contributed by atoms with Crippen molar-refractivity contribution < 1.29 is 18.7 Å². The average Bonchev–Trinajstić information content (AvgIpc) is 3.02. The molecule has 2 heterocycles. The number of benzene rings is 1. The van der Waals surface area contributed by atoms with E-state index in [1.54, 1.807) is 12.1 Å². The number of nitrogens with zero attached hydrogens (tertiary/aromatic N) is 2. The van der Waals surface area contributed by atoms with E-state index in [4.69, 9.17) is 21.7 Å². The van der Waals surface area contributed by atoms with Gasteiger partial charge in [0.05, 0.1) is 37.7 Å². The molecule has 7 nitrogen and oxygen atoms in total. The molecular weight excluding hydrogens is 359 g/mol. The van der Waals surface area contributed by atoms with Crippen molar-refractivity contribution >= 4 is 34.8 Å². The molecule has 1 aromatic rings. The van der Waals surface area contributed by atoms with Crippen molar-refractivity contribution in [2.45, 2.75) is 13.0 Å². The second-order valence-electron chi connectivity index (χ2n) is 6.09. The summed E-state index contributed by atoms with van der Waals surface area (Å²) < 4.78 is 25.2. The lowest BCUT2D eigenvalue weighted by Crippen LogP contribution is -2.40. The normalized spacial score (nSPS) is 20.1. The van der Waals surface area contributed by atoms with Gasteiger partial charge >= 0.3 is 6.09 Å². The highest BCUT2D eigenvalue weighted by Crippen LogP contribution is 2.28. The number of cyclic esters (lactones) is 1. The van der Waals surface area contributed by atoms with Gasteiger partial charge in [-0.1, -0.05) is 0 Å². The largest absolute Gasteiger partial charge is 0.442 e. The SMILES string of the molecule is CCNC(=S)NCC1CN(c2ccc(N3CCOCC3)c(F)c2)C(=O)O1. The molecule has 9 heteroatoms. The fourth-order valence-electron chi connectivity index (χ4n) is 2.99. The fraction of sp³-hybridized carbons (Fsp3) is 0.529. The number of nitrogens with one attached hydrogen (secondary N) is 2. The molecule has 0 radical (unpaired) electrons. The number of hydrogen-bond donors (Lipinski definition) is 2. The van der Waals surface area contributed by atoms with Crippen LogP contribution in [0.25, 0.3) is 0 Å². The summed E-state index contributed by atoms with van der Waals surface area (Å²) in [6.07, 6.45) is -0.828. The van der Waals surface area contributed by atoms with Crippen LogP contribution in [0, 0.1) is 5.82 Å². The molecule has 2 N–H and O–H groups in total. The van der Waals surface area contributed by atoms with Crippen molar-refractivity contribution in [3.8, 4) is 0 Å². The van der Waals surface area contributed by atoms with Gasteiger partial charge in [0.15, 0.2) is 5.11 Å². The minimum absolute atomic E-state index is 0.344. The number of thiocarbonyl (C=S) groups is 1. The first-order valence-electron chi connectivity index (χ1n) is 8.70. The Morgan fingerprint density at radius 2 is 2.12 bits per heavy atom. The molecule has 1 unspecified atom stereocenters. The second kappa shape index (κ2) is 8.50. The van der Waals surface area contributed by atoms with Crippen LogP contribution in [-0.2, 0) is 9.47 Å². The molecule has 26 heavy (non-hydrogen) atoms. The predicted octanol–water partition coefficient (Wildman–Crippen LogP) is 1.47. The van der Waals surface area contributed by atoms with E-state index in [-0.39, 0.29) is 11.9 Å². The third kappa shape index (κ3) is 4.34. The van der Waals surface area contributed by atoms with Crippen molar-refractivity contribution in [2.75, 3.05) is 55.7 Å². The highest BCUT2D eigenvalue weighted by molar-refractivity contribution is 7.80. The summed E-state index contributed by atoms with van der Waals surface area (Å²) in [7, 11) is 0. The smallest absolute Gasteiger partial charge is 0.414 e. The van der Waals surface area contributed by atoms with Crippen molar-refractivity contribution in [1.82, 2.24) is 10.6 Å². The summed E-state index contributed by atoms with van der Waals surface area (Å²) in [5.41, 5.74) is 1.01. The number of anilines is 2. The van der Waals surface area contributed by atoms with Gasteiger partial charge in [0.2, 0.25) is 0 Å². The molecule has 1 atom stereocenters. The Balaban J connectivity index is 1.62. The van der Waals surface area contributed by atoms with Gasteiger partial charge in [-0.3, -0.25) is 4.90 Å². The van der Waals surface area contributed by atoms with Crippen molar-refractivity contribution in [3.63, 3.8) is 0 Å². The summed E-state index contributed by atoms with van der Waals surface area (Å²) in [5.74, 6) is -0.355. The van der Waals surface area contributed by atoms with Crippen LogP contribution in [0.4, 0.5) is 20.6 Å². The van der Waals surface area contributed by atoms with Crippen LogP contribution < -0.4 is 20.4 Å². The lowest BCUT2D eigenvalue weighted by atomic mass is 10.2. The summed E-state index contributed by atoms with van der Waals surface area (Å²) in [6.45, 7) is 5.89. The number of carbonyl (C=O) groups excluding carboxylic acids is 1. The van der Waals surface area contributed by atoms with E-state index < -0.39 is 6.09 Å². The zero-order valence-electron chi connectivity index (χ0n) is 14.7. The maximum absolute atomic E-state index is 14.6. The molecule has 2 aliphatic heterocycles. The first-order chi connectivity index (χ1) is 12.6. The lowest BCUT2D eigenvalue weighted by Gasteiger charge is -2.29. The maximum Gasteiger partial charge on any atom is 0.414 e. The minimum Gasteiger partial charge on any atom is -0.442 e. The molecule has 0 aliphatic carbocycles. The molecule has 3 rings (SSSR count). The van der Waals surface area contributed by atoms with Crippen LogP contribution in [0.3, 0.4) is 0 Å². The standard InChI is InChI=1S/C17H23FN4O3S/c1-2-19-16(26)20-10-13-11-22(17(23)25-13)12-3-4-15(14(18)9-12)21-5-7-24-8-6-21/h3-4,9,13H,2,5-8,10-11H2,1H3,(H2,19,20,26). The molecule has 2 fully saturated rings. The van der Waals surface area contributed by atoms with E-state index in [1.165, 1.54) is 11.0 Å². The highest BCUT2D eigenvalue weighted by Gasteiger charge is 2.33. The minimum atomic E-state index is -0.482. The number of hydrogen-bond acceptors (Lipinski definition) is 5. The van der Waals surface area contributed by atoms with Crippen LogP contribution in [0.2, 0.25) is 0 Å².